The normalized spacial score (nSPS) is 11.0. The molecule has 0 bridgehead atoms. The molecule has 0 rings (SSSR count). The van der Waals surface area contributed by atoms with E-state index in [2.05, 4.69) is 0 Å². The van der Waals surface area contributed by atoms with Crippen molar-refractivity contribution < 1.29 is 23.8 Å². The Bertz CT molecular complexity index is 264. The van der Waals surface area contributed by atoms with Crippen molar-refractivity contribution in [3.63, 3.8) is 0 Å². The summed E-state index contributed by atoms with van der Waals surface area (Å²) < 4.78 is 15.9. The van der Waals surface area contributed by atoms with Gasteiger partial charge in [-0.2, -0.15) is 0 Å². The van der Waals surface area contributed by atoms with Gasteiger partial charge in [0.2, 0.25) is 0 Å². The Labute approximate surface area is 126 Å². The van der Waals surface area contributed by atoms with Crippen molar-refractivity contribution in [2.45, 2.75) is 13.3 Å². The number of aldehydes is 1. The maximum Gasteiger partial charge on any atom is 0.146 e. The monoisotopic (exact) mass is 304 g/mol. The van der Waals surface area contributed by atoms with E-state index in [1.54, 1.807) is 4.90 Å². The van der Waals surface area contributed by atoms with E-state index in [0.717, 1.165) is 6.29 Å². The van der Waals surface area contributed by atoms with Crippen LogP contribution in [0, 0.1) is 0 Å². The van der Waals surface area contributed by atoms with Gasteiger partial charge in [0.05, 0.1) is 52.7 Å². The maximum absolute atomic E-state index is 11.3. The van der Waals surface area contributed by atoms with Crippen LogP contribution < -0.4 is 5.73 Å². The van der Waals surface area contributed by atoms with Crippen LogP contribution in [0.2, 0.25) is 0 Å². The third-order valence-electron chi connectivity index (χ3n) is 2.69. The zero-order valence-electron chi connectivity index (χ0n) is 12.9. The molecule has 7 heteroatoms. The Hall–Kier alpha value is -0.860. The molecule has 0 spiro atoms. The van der Waals surface area contributed by atoms with Crippen LogP contribution in [-0.4, -0.2) is 82.8 Å². The number of ether oxygens (including phenoxy) is 3. The summed E-state index contributed by atoms with van der Waals surface area (Å²) in [4.78, 5) is 23.7. The molecule has 21 heavy (non-hydrogen) atoms. The average Bonchev–Trinajstić information content (AvgIpc) is 2.49. The zero-order chi connectivity index (χ0) is 15.8. The summed E-state index contributed by atoms with van der Waals surface area (Å²) in [6, 6.07) is 0. The van der Waals surface area contributed by atoms with Crippen LogP contribution in [-0.2, 0) is 23.8 Å². The van der Waals surface area contributed by atoms with E-state index in [-0.39, 0.29) is 12.3 Å². The minimum Gasteiger partial charge on any atom is -0.378 e. The highest BCUT2D eigenvalue weighted by Crippen LogP contribution is 1.91. The molecule has 0 aliphatic heterocycles. The highest BCUT2D eigenvalue weighted by molar-refractivity contribution is 5.80. The summed E-state index contributed by atoms with van der Waals surface area (Å²) >= 11 is 0. The molecule has 0 aliphatic rings. The SMILES string of the molecule is CCC(=O)CN(CC=O)CCOCCOCCOCCN. The first-order valence-corrected chi connectivity index (χ1v) is 7.35. The molecule has 0 aromatic rings. The molecule has 0 aliphatic carbocycles. The second-order valence-electron chi connectivity index (χ2n) is 4.42. The molecule has 0 heterocycles. The topological polar surface area (TPSA) is 91.1 Å². The van der Waals surface area contributed by atoms with Gasteiger partial charge in [-0.3, -0.25) is 9.69 Å². The summed E-state index contributed by atoms with van der Waals surface area (Å²) in [5.41, 5.74) is 5.28. The third kappa shape index (κ3) is 13.9. The van der Waals surface area contributed by atoms with Crippen LogP contribution in [0.1, 0.15) is 13.3 Å². The quantitative estimate of drug-likeness (QED) is 0.303. The molecular formula is C14H28N2O5. The standard InChI is InChI=1S/C14H28N2O5/c1-2-14(18)13-16(4-6-17)5-8-20-10-12-21-11-9-19-7-3-15/h6H,2-5,7-13,15H2,1H3. The van der Waals surface area contributed by atoms with Gasteiger partial charge in [-0.05, 0) is 0 Å². The van der Waals surface area contributed by atoms with Gasteiger partial charge in [0, 0.05) is 19.5 Å². The van der Waals surface area contributed by atoms with Crippen molar-refractivity contribution in [1.29, 1.82) is 0 Å². The second-order valence-corrected chi connectivity index (χ2v) is 4.42. The van der Waals surface area contributed by atoms with Gasteiger partial charge < -0.3 is 24.7 Å². The molecule has 0 amide bonds. The van der Waals surface area contributed by atoms with Crippen LogP contribution >= 0.6 is 0 Å². The number of hydrogen-bond acceptors (Lipinski definition) is 7. The number of carbonyl (C=O) groups is 2. The molecule has 0 atom stereocenters. The molecule has 0 aromatic heterocycles. The Morgan fingerprint density at radius 3 is 2.14 bits per heavy atom. The lowest BCUT2D eigenvalue weighted by molar-refractivity contribution is -0.120. The summed E-state index contributed by atoms with van der Waals surface area (Å²) in [6.07, 6.45) is 1.28. The molecule has 0 unspecified atom stereocenters. The van der Waals surface area contributed by atoms with Crippen molar-refractivity contribution in [3.05, 3.63) is 0 Å². The lowest BCUT2D eigenvalue weighted by Crippen LogP contribution is -2.34. The van der Waals surface area contributed by atoms with Crippen LogP contribution in [0.5, 0.6) is 0 Å². The van der Waals surface area contributed by atoms with E-state index in [1.807, 2.05) is 6.92 Å². The second kappa shape index (κ2) is 15.5. The Balaban J connectivity index is 3.45. The van der Waals surface area contributed by atoms with Gasteiger partial charge >= 0.3 is 0 Å². The summed E-state index contributed by atoms with van der Waals surface area (Å²) in [5.74, 6) is 0.123. The molecule has 2 N–H and O–H groups in total. The van der Waals surface area contributed by atoms with Crippen molar-refractivity contribution >= 4 is 12.1 Å². The number of carbonyl (C=O) groups excluding carboxylic acids is 2. The van der Waals surface area contributed by atoms with E-state index in [4.69, 9.17) is 19.9 Å². The highest BCUT2D eigenvalue weighted by Gasteiger charge is 2.08. The van der Waals surface area contributed by atoms with Gasteiger partial charge in [-0.15, -0.1) is 0 Å². The summed E-state index contributed by atoms with van der Waals surface area (Å²) in [5, 5.41) is 0. The fourth-order valence-corrected chi connectivity index (χ4v) is 1.52. The summed E-state index contributed by atoms with van der Waals surface area (Å²) in [6.45, 7) is 6.48. The van der Waals surface area contributed by atoms with E-state index in [1.165, 1.54) is 0 Å². The number of nitrogens with two attached hydrogens (primary N) is 1. The largest absolute Gasteiger partial charge is 0.378 e. The van der Waals surface area contributed by atoms with Crippen LogP contribution in [0.25, 0.3) is 0 Å². The predicted molar refractivity (Wildman–Crippen MR) is 79.3 cm³/mol. The smallest absolute Gasteiger partial charge is 0.146 e. The average molecular weight is 304 g/mol. The van der Waals surface area contributed by atoms with Gasteiger partial charge in [-0.1, -0.05) is 6.92 Å². The molecule has 7 nitrogen and oxygen atoms in total. The van der Waals surface area contributed by atoms with Crippen LogP contribution in [0.3, 0.4) is 0 Å². The van der Waals surface area contributed by atoms with Gasteiger partial charge in [0.15, 0.2) is 0 Å². The Kier molecular flexibility index (Phi) is 14.9. The molecule has 0 saturated carbocycles. The number of Topliss-reactive ketones (excluding diaryl/α,β-unsaturated/α-hetero) is 1. The van der Waals surface area contributed by atoms with Crippen molar-refractivity contribution in [2.75, 3.05) is 65.8 Å². The summed E-state index contributed by atoms with van der Waals surface area (Å²) in [7, 11) is 0. The van der Waals surface area contributed by atoms with Crippen molar-refractivity contribution in [2.24, 2.45) is 5.73 Å². The first-order valence-electron chi connectivity index (χ1n) is 7.35. The van der Waals surface area contributed by atoms with Crippen molar-refractivity contribution in [3.8, 4) is 0 Å². The van der Waals surface area contributed by atoms with Crippen LogP contribution in [0.15, 0.2) is 0 Å². The maximum atomic E-state index is 11.3. The molecule has 0 saturated heterocycles. The lowest BCUT2D eigenvalue weighted by Gasteiger charge is -2.18. The Morgan fingerprint density at radius 1 is 1.05 bits per heavy atom. The predicted octanol–water partition coefficient (Wildman–Crippen LogP) is -0.525. The van der Waals surface area contributed by atoms with Crippen molar-refractivity contribution in [1.82, 2.24) is 4.90 Å². The van der Waals surface area contributed by atoms with Crippen LogP contribution in [0.4, 0.5) is 0 Å². The molecule has 0 fully saturated rings. The lowest BCUT2D eigenvalue weighted by atomic mass is 10.3. The fourth-order valence-electron chi connectivity index (χ4n) is 1.52. The zero-order valence-corrected chi connectivity index (χ0v) is 12.9. The third-order valence-corrected chi connectivity index (χ3v) is 2.69. The van der Waals surface area contributed by atoms with E-state index >= 15 is 0 Å². The van der Waals surface area contributed by atoms with Gasteiger partial charge in [0.1, 0.15) is 12.1 Å². The fraction of sp³-hybridized carbons (Fsp3) is 0.857. The number of rotatable bonds is 16. The number of hydrogen-bond donors (Lipinski definition) is 1. The highest BCUT2D eigenvalue weighted by atomic mass is 16.5. The number of nitrogens with zero attached hydrogens (tertiary/aromatic N) is 1. The molecule has 0 aromatic carbocycles. The van der Waals surface area contributed by atoms with E-state index in [9.17, 15) is 9.59 Å². The van der Waals surface area contributed by atoms with Gasteiger partial charge in [-0.25, -0.2) is 0 Å². The van der Waals surface area contributed by atoms with Gasteiger partial charge in [0.25, 0.3) is 0 Å². The van der Waals surface area contributed by atoms with E-state index in [0.29, 0.717) is 65.7 Å². The first kappa shape index (κ1) is 20.1. The Morgan fingerprint density at radius 2 is 1.62 bits per heavy atom. The molecule has 124 valence electrons. The first-order chi connectivity index (χ1) is 10.2. The molecular weight excluding hydrogens is 276 g/mol. The minimum absolute atomic E-state index is 0.123. The molecule has 0 radical (unpaired) electrons. The minimum atomic E-state index is 0.123. The van der Waals surface area contributed by atoms with E-state index < -0.39 is 0 Å². The number of ketones is 1.